The maximum Gasteiger partial charge on any atom is 0.416 e. The number of benzene rings is 1. The summed E-state index contributed by atoms with van der Waals surface area (Å²) < 4.78 is 87.4. The van der Waals surface area contributed by atoms with E-state index in [0.717, 1.165) is 4.90 Å². The number of rotatable bonds is 4. The molecule has 1 N–H and O–H groups in total. The second kappa shape index (κ2) is 10.3. The topological polar surface area (TPSA) is 108 Å². The van der Waals surface area contributed by atoms with Crippen molar-refractivity contribution in [2.24, 2.45) is 17.8 Å². The van der Waals surface area contributed by atoms with E-state index in [4.69, 9.17) is 27.6 Å². The van der Waals surface area contributed by atoms with Crippen LogP contribution in [-0.4, -0.2) is 48.8 Å². The van der Waals surface area contributed by atoms with Crippen molar-refractivity contribution in [3.63, 3.8) is 0 Å². The van der Waals surface area contributed by atoms with Gasteiger partial charge in [-0.2, -0.15) is 26.3 Å². The number of carbonyl (C=O) groups is 4. The molecule has 2 aliphatic carbocycles. The molecule has 6 rings (SSSR count). The van der Waals surface area contributed by atoms with Gasteiger partial charge in [-0.15, -0.1) is 23.2 Å². The van der Waals surface area contributed by atoms with Crippen molar-refractivity contribution in [1.82, 2.24) is 4.90 Å². The van der Waals surface area contributed by atoms with E-state index in [0.29, 0.717) is 17.0 Å². The van der Waals surface area contributed by atoms with E-state index in [1.54, 1.807) is 0 Å². The Labute approximate surface area is 268 Å². The van der Waals surface area contributed by atoms with Gasteiger partial charge in [0.2, 0.25) is 11.8 Å². The molecule has 0 unspecified atom stereocenters. The number of fused-ring (bicyclic) bond motifs is 4. The van der Waals surface area contributed by atoms with Crippen LogP contribution in [0.25, 0.3) is 0 Å². The molecule has 1 aromatic carbocycles. The average molecular weight is 744 g/mol. The standard InChI is InChI=1S/C28H19BrCl2F6N2O6/c29-10-38-23(43)25(30)8-17-15(20(26(25,31)24(38)44)18-4-1-14(9-40)45-18)2-3-16-19(17)22(42)39(21(16)41)13-6-11(27(32,33)34)5-12(7-13)28(35,36)37/h1-2,4-7,16-17,19-20,40H,3,8-10H2/t16-,17+,19-,20+,25+,26-/m0/s1. The van der Waals surface area contributed by atoms with E-state index in [1.807, 2.05) is 0 Å². The summed E-state index contributed by atoms with van der Waals surface area (Å²) in [7, 11) is 0. The number of hydrogen-bond acceptors (Lipinski definition) is 6. The third kappa shape index (κ3) is 4.43. The molecule has 0 spiro atoms. The van der Waals surface area contributed by atoms with Gasteiger partial charge < -0.3 is 9.52 Å². The van der Waals surface area contributed by atoms with Crippen LogP contribution in [0, 0.1) is 17.8 Å². The Bertz CT molecular complexity index is 1660. The van der Waals surface area contributed by atoms with Gasteiger partial charge in [0.25, 0.3) is 11.8 Å². The summed E-state index contributed by atoms with van der Waals surface area (Å²) >= 11 is 17.1. The van der Waals surface area contributed by atoms with Crippen LogP contribution in [0.4, 0.5) is 32.0 Å². The van der Waals surface area contributed by atoms with Gasteiger partial charge in [-0.1, -0.05) is 27.6 Å². The zero-order valence-corrected chi connectivity index (χ0v) is 25.5. The van der Waals surface area contributed by atoms with Crippen molar-refractivity contribution in [2.45, 2.75) is 47.5 Å². The molecule has 240 valence electrons. The lowest BCUT2D eigenvalue weighted by molar-refractivity contribution is -0.143. The Kier molecular flexibility index (Phi) is 7.35. The number of carbonyl (C=O) groups excluding carboxylic acids is 4. The maximum absolute atomic E-state index is 14.0. The van der Waals surface area contributed by atoms with Crippen LogP contribution in [0.2, 0.25) is 0 Å². The van der Waals surface area contributed by atoms with Crippen molar-refractivity contribution < 1.29 is 55.0 Å². The minimum atomic E-state index is -5.23. The van der Waals surface area contributed by atoms with Gasteiger partial charge in [0.05, 0.1) is 40.0 Å². The molecule has 4 aliphatic rings. The molecule has 8 nitrogen and oxygen atoms in total. The van der Waals surface area contributed by atoms with Gasteiger partial charge in [-0.25, -0.2) is 4.90 Å². The monoisotopic (exact) mass is 742 g/mol. The van der Waals surface area contributed by atoms with E-state index in [1.165, 1.54) is 18.2 Å². The smallest absolute Gasteiger partial charge is 0.416 e. The number of aliphatic hydroxyl groups is 1. The number of imide groups is 2. The molecule has 3 fully saturated rings. The van der Waals surface area contributed by atoms with Crippen LogP contribution in [0.5, 0.6) is 0 Å². The average Bonchev–Trinajstić information content (AvgIpc) is 3.58. The lowest BCUT2D eigenvalue weighted by Gasteiger charge is -2.49. The summed E-state index contributed by atoms with van der Waals surface area (Å²) in [5, 5.41) is 9.59. The number of aliphatic hydroxyl groups excluding tert-OH is 1. The van der Waals surface area contributed by atoms with Crippen LogP contribution in [0.3, 0.4) is 0 Å². The number of furan rings is 1. The van der Waals surface area contributed by atoms with Crippen LogP contribution >= 0.6 is 39.1 Å². The van der Waals surface area contributed by atoms with Crippen molar-refractivity contribution in [1.29, 1.82) is 0 Å². The Morgan fingerprint density at radius 3 is 2.09 bits per heavy atom. The fourth-order valence-corrected chi connectivity index (χ4v) is 8.43. The van der Waals surface area contributed by atoms with Crippen LogP contribution < -0.4 is 4.90 Å². The molecule has 2 saturated heterocycles. The van der Waals surface area contributed by atoms with Crippen molar-refractivity contribution in [2.75, 3.05) is 10.4 Å². The first kappa shape index (κ1) is 32.1. The Morgan fingerprint density at radius 1 is 0.933 bits per heavy atom. The van der Waals surface area contributed by atoms with Gasteiger partial charge in [-0.05, 0) is 49.1 Å². The molecule has 0 radical (unpaired) electrons. The van der Waals surface area contributed by atoms with E-state index in [9.17, 15) is 50.6 Å². The number of allylic oxidation sites excluding steroid dienone is 2. The molecule has 45 heavy (non-hydrogen) atoms. The summed E-state index contributed by atoms with van der Waals surface area (Å²) in [5.41, 5.74) is -4.36. The van der Waals surface area contributed by atoms with Gasteiger partial charge in [0.15, 0.2) is 9.75 Å². The molecule has 17 heteroatoms. The molecular weight excluding hydrogens is 725 g/mol. The highest BCUT2D eigenvalue weighted by Crippen LogP contribution is 2.65. The van der Waals surface area contributed by atoms with E-state index >= 15 is 0 Å². The highest BCUT2D eigenvalue weighted by atomic mass is 79.9. The third-order valence-electron chi connectivity index (χ3n) is 8.97. The number of hydrogen-bond donors (Lipinski definition) is 1. The quantitative estimate of drug-likeness (QED) is 0.141. The largest absolute Gasteiger partial charge is 0.463 e. The predicted molar refractivity (Wildman–Crippen MR) is 147 cm³/mol. The highest BCUT2D eigenvalue weighted by Gasteiger charge is 2.77. The summed E-state index contributed by atoms with van der Waals surface area (Å²) in [4.78, 5) is 51.5. The minimum Gasteiger partial charge on any atom is -0.463 e. The Balaban J connectivity index is 1.49. The second-order valence-corrected chi connectivity index (χ2v) is 13.0. The summed E-state index contributed by atoms with van der Waals surface area (Å²) in [6.45, 7) is -0.541. The third-order valence-corrected chi connectivity index (χ3v) is 10.9. The molecule has 6 atom stereocenters. The van der Waals surface area contributed by atoms with Crippen molar-refractivity contribution >= 4 is 68.4 Å². The zero-order chi connectivity index (χ0) is 33.0. The highest BCUT2D eigenvalue weighted by molar-refractivity contribution is 9.09. The predicted octanol–water partition coefficient (Wildman–Crippen LogP) is 5.73. The fraction of sp³-hybridized carbons (Fsp3) is 0.429. The Morgan fingerprint density at radius 2 is 1.56 bits per heavy atom. The zero-order valence-electron chi connectivity index (χ0n) is 22.4. The molecule has 2 aliphatic heterocycles. The normalized spacial score (nSPS) is 31.7. The number of alkyl halides is 9. The van der Waals surface area contributed by atoms with Gasteiger partial charge in [0.1, 0.15) is 18.1 Å². The van der Waals surface area contributed by atoms with Crippen LogP contribution in [0.15, 0.2) is 46.4 Å². The molecule has 1 aromatic heterocycles. The van der Waals surface area contributed by atoms with Crippen molar-refractivity contribution in [3.05, 3.63) is 64.6 Å². The van der Waals surface area contributed by atoms with Crippen LogP contribution in [-0.2, 0) is 38.1 Å². The number of anilines is 1. The molecule has 1 saturated carbocycles. The fourth-order valence-electron chi connectivity index (χ4n) is 7.02. The molecule has 0 bridgehead atoms. The van der Waals surface area contributed by atoms with E-state index < -0.39 is 99.2 Å². The minimum absolute atomic E-state index is 0.00683. The van der Waals surface area contributed by atoms with Crippen molar-refractivity contribution in [3.8, 4) is 0 Å². The van der Waals surface area contributed by atoms with Crippen LogP contribution in [0.1, 0.15) is 41.4 Å². The summed E-state index contributed by atoms with van der Waals surface area (Å²) in [6, 6.07) is 3.26. The van der Waals surface area contributed by atoms with Gasteiger partial charge >= 0.3 is 12.4 Å². The summed E-state index contributed by atoms with van der Waals surface area (Å²) in [6.07, 6.45) is -9.62. The van der Waals surface area contributed by atoms with Gasteiger partial charge in [-0.3, -0.25) is 24.1 Å². The van der Waals surface area contributed by atoms with E-state index in [2.05, 4.69) is 15.9 Å². The molecule has 2 aromatic rings. The molecule has 3 heterocycles. The molecule has 4 amide bonds. The second-order valence-electron chi connectivity index (χ2n) is 11.2. The number of nitrogens with zero attached hydrogens (tertiary/aromatic N) is 2. The first-order chi connectivity index (χ1) is 20.9. The lowest BCUT2D eigenvalue weighted by atomic mass is 9.57. The SMILES string of the molecule is O=C1[C@H]2[C@H](CC=C3[C@H]2C[C@@]2(Cl)C(=O)N(CBr)C(=O)[C@@]2(Cl)[C@H]3c2ccc(CO)o2)C(=O)N1c1cc(C(F)(F)F)cc(C(F)(F)F)c1. The lowest BCUT2D eigenvalue weighted by Crippen LogP contribution is -2.60. The number of halogens is 9. The molecular formula is C28H19BrCl2F6N2O6. The maximum atomic E-state index is 14.0. The van der Waals surface area contributed by atoms with E-state index in [-0.39, 0.29) is 35.0 Å². The Hall–Kier alpha value is -2.88. The first-order valence-electron chi connectivity index (χ1n) is 13.3. The van der Waals surface area contributed by atoms with Gasteiger partial charge in [0, 0.05) is 0 Å². The first-order valence-corrected chi connectivity index (χ1v) is 15.1. The summed E-state index contributed by atoms with van der Waals surface area (Å²) in [5.74, 6) is -8.88. The number of amides is 4. The number of likely N-dealkylation sites (tertiary alicyclic amines) is 1.